The predicted molar refractivity (Wildman–Crippen MR) is 112 cm³/mol. The molecule has 3 rings (SSSR count). The highest BCUT2D eigenvalue weighted by atomic mass is 19.1. The van der Waals surface area contributed by atoms with Crippen LogP contribution in [0.4, 0.5) is 15.8 Å². The summed E-state index contributed by atoms with van der Waals surface area (Å²) in [5, 5.41) is 16.9. The molecule has 2 aromatic carbocycles. The van der Waals surface area contributed by atoms with Gasteiger partial charge in [-0.3, -0.25) is 19.7 Å². The number of nitrogens with zero attached hydrogens (tertiary/aromatic N) is 3. The maximum atomic E-state index is 13.4. The van der Waals surface area contributed by atoms with Crippen molar-refractivity contribution < 1.29 is 28.4 Å². The first-order chi connectivity index (χ1) is 15.8. The Kier molecular flexibility index (Phi) is 7.42. The van der Waals surface area contributed by atoms with Crippen molar-refractivity contribution in [3.8, 4) is 5.75 Å². The molecule has 1 N–H and O–H groups in total. The molecule has 0 atom stereocenters. The standard InChI is InChI=1S/C21H17FN4O7/c22-16-7-6-14(12-18(16)26(30)31)23-19(27)13-33-21(29)17-8-9-20(28)25(24-17)10-11-32-15-4-2-1-3-5-15/h1-9,12H,10-11,13H2,(H,23,27). The molecule has 1 heterocycles. The molecule has 0 radical (unpaired) electrons. The van der Waals surface area contributed by atoms with E-state index in [4.69, 9.17) is 9.47 Å². The summed E-state index contributed by atoms with van der Waals surface area (Å²) < 4.78 is 24.7. The number of aromatic nitrogens is 2. The number of carbonyl (C=O) groups is 2. The van der Waals surface area contributed by atoms with E-state index < -0.39 is 40.5 Å². The van der Waals surface area contributed by atoms with Crippen molar-refractivity contribution in [1.29, 1.82) is 0 Å². The van der Waals surface area contributed by atoms with E-state index in [0.29, 0.717) is 5.75 Å². The van der Waals surface area contributed by atoms with E-state index in [-0.39, 0.29) is 24.5 Å². The van der Waals surface area contributed by atoms with Crippen molar-refractivity contribution in [3.05, 3.63) is 92.6 Å². The van der Waals surface area contributed by atoms with Crippen molar-refractivity contribution >= 4 is 23.3 Å². The van der Waals surface area contributed by atoms with Gasteiger partial charge in [-0.15, -0.1) is 0 Å². The van der Waals surface area contributed by atoms with Crippen LogP contribution in [0.15, 0.2) is 65.5 Å². The molecule has 33 heavy (non-hydrogen) atoms. The van der Waals surface area contributed by atoms with Gasteiger partial charge >= 0.3 is 11.7 Å². The molecule has 0 spiro atoms. The lowest BCUT2D eigenvalue weighted by molar-refractivity contribution is -0.387. The van der Waals surface area contributed by atoms with Crippen LogP contribution in [-0.4, -0.2) is 39.8 Å². The number of benzene rings is 2. The Morgan fingerprint density at radius 2 is 1.88 bits per heavy atom. The third kappa shape index (κ3) is 6.43. The lowest BCUT2D eigenvalue weighted by Crippen LogP contribution is -2.28. The molecular formula is C21H17FN4O7. The van der Waals surface area contributed by atoms with Gasteiger partial charge in [0.05, 0.1) is 11.5 Å². The Morgan fingerprint density at radius 1 is 1.12 bits per heavy atom. The van der Waals surface area contributed by atoms with Gasteiger partial charge in [-0.1, -0.05) is 18.2 Å². The van der Waals surface area contributed by atoms with E-state index in [1.165, 1.54) is 0 Å². The molecule has 12 heteroatoms. The van der Waals surface area contributed by atoms with Gasteiger partial charge in [-0.2, -0.15) is 9.49 Å². The van der Waals surface area contributed by atoms with Crippen LogP contribution in [0.3, 0.4) is 0 Å². The minimum Gasteiger partial charge on any atom is -0.492 e. The number of amides is 1. The average Bonchev–Trinajstić information content (AvgIpc) is 2.80. The van der Waals surface area contributed by atoms with Crippen LogP contribution in [0, 0.1) is 15.9 Å². The molecule has 0 fully saturated rings. The number of carbonyl (C=O) groups excluding carboxylic acids is 2. The molecule has 0 aliphatic heterocycles. The molecule has 1 aromatic heterocycles. The zero-order chi connectivity index (χ0) is 23.8. The lowest BCUT2D eigenvalue weighted by Gasteiger charge is -2.09. The molecule has 0 saturated carbocycles. The number of ether oxygens (including phenoxy) is 2. The predicted octanol–water partition coefficient (Wildman–Crippen LogP) is 2.17. The summed E-state index contributed by atoms with van der Waals surface area (Å²) >= 11 is 0. The smallest absolute Gasteiger partial charge is 0.359 e. The number of esters is 1. The summed E-state index contributed by atoms with van der Waals surface area (Å²) in [6.07, 6.45) is 0. The second-order valence-electron chi connectivity index (χ2n) is 6.49. The highest BCUT2D eigenvalue weighted by Crippen LogP contribution is 2.21. The Balaban J connectivity index is 1.55. The normalized spacial score (nSPS) is 10.3. The first-order valence-electron chi connectivity index (χ1n) is 9.50. The van der Waals surface area contributed by atoms with Crippen LogP contribution in [0.25, 0.3) is 0 Å². The summed E-state index contributed by atoms with van der Waals surface area (Å²) in [6, 6.07) is 14.0. The number of para-hydroxylation sites is 1. The second kappa shape index (κ2) is 10.6. The topological polar surface area (TPSA) is 143 Å². The summed E-state index contributed by atoms with van der Waals surface area (Å²) in [6.45, 7) is -0.539. The maximum absolute atomic E-state index is 13.4. The number of hydrogen-bond donors (Lipinski definition) is 1. The largest absolute Gasteiger partial charge is 0.492 e. The van der Waals surface area contributed by atoms with Gasteiger partial charge in [0, 0.05) is 17.8 Å². The van der Waals surface area contributed by atoms with Crippen LogP contribution in [-0.2, 0) is 16.1 Å². The Labute approximate surface area is 185 Å². The molecule has 3 aromatic rings. The average molecular weight is 456 g/mol. The summed E-state index contributed by atoms with van der Waals surface area (Å²) in [4.78, 5) is 46.0. The molecule has 0 aliphatic carbocycles. The zero-order valence-electron chi connectivity index (χ0n) is 17.0. The van der Waals surface area contributed by atoms with Crippen LogP contribution in [0.1, 0.15) is 10.5 Å². The molecular weight excluding hydrogens is 439 g/mol. The van der Waals surface area contributed by atoms with Gasteiger partial charge in [0.2, 0.25) is 5.82 Å². The van der Waals surface area contributed by atoms with Crippen molar-refractivity contribution in [2.24, 2.45) is 0 Å². The highest BCUT2D eigenvalue weighted by Gasteiger charge is 2.17. The van der Waals surface area contributed by atoms with Crippen LogP contribution in [0.5, 0.6) is 5.75 Å². The second-order valence-corrected chi connectivity index (χ2v) is 6.49. The maximum Gasteiger partial charge on any atom is 0.359 e. The Morgan fingerprint density at radius 3 is 2.61 bits per heavy atom. The number of hydrogen-bond acceptors (Lipinski definition) is 8. The third-order valence-electron chi connectivity index (χ3n) is 4.15. The zero-order valence-corrected chi connectivity index (χ0v) is 17.0. The number of nitrogens with one attached hydrogen (secondary N) is 1. The van der Waals surface area contributed by atoms with E-state index in [9.17, 15) is 28.9 Å². The van der Waals surface area contributed by atoms with E-state index in [2.05, 4.69) is 10.4 Å². The van der Waals surface area contributed by atoms with Gasteiger partial charge in [0.25, 0.3) is 11.5 Å². The van der Waals surface area contributed by atoms with Crippen LogP contribution < -0.4 is 15.6 Å². The summed E-state index contributed by atoms with van der Waals surface area (Å²) in [5.74, 6) is -2.22. The molecule has 0 aliphatic rings. The number of nitro benzene ring substituents is 1. The Bertz CT molecular complexity index is 1230. The molecule has 0 bridgehead atoms. The monoisotopic (exact) mass is 456 g/mol. The Hall–Kier alpha value is -4.61. The van der Waals surface area contributed by atoms with Crippen molar-refractivity contribution in [2.45, 2.75) is 6.54 Å². The van der Waals surface area contributed by atoms with E-state index in [1.807, 2.05) is 6.07 Å². The number of rotatable bonds is 9. The van der Waals surface area contributed by atoms with Crippen molar-refractivity contribution in [3.63, 3.8) is 0 Å². The van der Waals surface area contributed by atoms with E-state index in [0.717, 1.165) is 35.0 Å². The highest BCUT2D eigenvalue weighted by molar-refractivity contribution is 5.94. The minimum absolute atomic E-state index is 0.0470. The fourth-order valence-corrected chi connectivity index (χ4v) is 2.62. The fraction of sp³-hybridized carbons (Fsp3) is 0.143. The number of nitro groups is 1. The lowest BCUT2D eigenvalue weighted by atomic mass is 10.2. The van der Waals surface area contributed by atoms with Crippen molar-refractivity contribution in [1.82, 2.24) is 9.78 Å². The minimum atomic E-state index is -1.06. The first-order valence-corrected chi connectivity index (χ1v) is 9.50. The van der Waals surface area contributed by atoms with E-state index in [1.54, 1.807) is 24.3 Å². The molecule has 1 amide bonds. The molecule has 11 nitrogen and oxygen atoms in total. The van der Waals surface area contributed by atoms with Crippen LogP contribution >= 0.6 is 0 Å². The van der Waals surface area contributed by atoms with E-state index >= 15 is 0 Å². The third-order valence-corrected chi connectivity index (χ3v) is 4.15. The SMILES string of the molecule is O=C(COC(=O)c1ccc(=O)n(CCOc2ccccc2)n1)Nc1ccc(F)c([N+](=O)[O-])c1. The summed E-state index contributed by atoms with van der Waals surface area (Å²) in [5.41, 5.74) is -1.53. The molecule has 170 valence electrons. The fourth-order valence-electron chi connectivity index (χ4n) is 2.62. The first kappa shape index (κ1) is 23.1. The van der Waals surface area contributed by atoms with Gasteiger partial charge in [-0.05, 0) is 30.3 Å². The van der Waals surface area contributed by atoms with Crippen LogP contribution in [0.2, 0.25) is 0 Å². The number of anilines is 1. The van der Waals surface area contributed by atoms with Gasteiger partial charge in [0.15, 0.2) is 12.3 Å². The van der Waals surface area contributed by atoms with Gasteiger partial charge < -0.3 is 14.8 Å². The molecule has 0 unspecified atom stereocenters. The van der Waals surface area contributed by atoms with Gasteiger partial charge in [0.1, 0.15) is 12.4 Å². The number of halogens is 1. The van der Waals surface area contributed by atoms with Crippen molar-refractivity contribution in [2.75, 3.05) is 18.5 Å². The summed E-state index contributed by atoms with van der Waals surface area (Å²) in [7, 11) is 0. The quantitative estimate of drug-likeness (QED) is 0.293. The molecule has 0 saturated heterocycles. The van der Waals surface area contributed by atoms with Gasteiger partial charge in [-0.25, -0.2) is 9.48 Å².